The fourth-order valence-corrected chi connectivity index (χ4v) is 2.27. The number of aromatic nitrogens is 1. The van der Waals surface area contributed by atoms with E-state index in [1.165, 1.54) is 16.5 Å². The van der Waals surface area contributed by atoms with Gasteiger partial charge in [0.1, 0.15) is 0 Å². The lowest BCUT2D eigenvalue weighted by Gasteiger charge is -2.20. The van der Waals surface area contributed by atoms with Crippen LogP contribution in [-0.4, -0.2) is 12.0 Å². The highest BCUT2D eigenvalue weighted by Gasteiger charge is 2.18. The summed E-state index contributed by atoms with van der Waals surface area (Å²) in [7, 11) is 1.97. The summed E-state index contributed by atoms with van der Waals surface area (Å²) in [5.74, 6) is 0. The van der Waals surface area contributed by atoms with Gasteiger partial charge in [0.15, 0.2) is 0 Å². The second-order valence-electron chi connectivity index (χ2n) is 6.03. The van der Waals surface area contributed by atoms with Crippen molar-refractivity contribution < 1.29 is 0 Å². The Balaban J connectivity index is 2.84. The van der Waals surface area contributed by atoms with Crippen molar-refractivity contribution in [2.75, 3.05) is 12.4 Å². The lowest BCUT2D eigenvalue weighted by Crippen LogP contribution is -2.14. The predicted molar refractivity (Wildman–Crippen MR) is 79.5 cm³/mol. The Morgan fingerprint density at radius 3 is 2.28 bits per heavy atom. The molecular formula is C16H22N2. The van der Waals surface area contributed by atoms with Crippen LogP contribution in [-0.2, 0) is 5.41 Å². The minimum Gasteiger partial charge on any atom is -0.388 e. The molecule has 2 aromatic rings. The molecular weight excluding hydrogens is 220 g/mol. The van der Waals surface area contributed by atoms with Gasteiger partial charge in [0.05, 0.1) is 5.52 Å². The average molecular weight is 242 g/mol. The standard InChI is InChI=1S/C16H22N2/c1-10-7-11(2)15-12(8-10)13(17-6)9-14(18-15)16(3,4)5/h7-9H,1-6H3,(H,17,18). The van der Waals surface area contributed by atoms with E-state index in [1.54, 1.807) is 0 Å². The monoisotopic (exact) mass is 242 g/mol. The molecule has 0 bridgehead atoms. The van der Waals surface area contributed by atoms with Crippen molar-refractivity contribution in [3.8, 4) is 0 Å². The van der Waals surface area contributed by atoms with Gasteiger partial charge < -0.3 is 5.32 Å². The molecule has 0 spiro atoms. The van der Waals surface area contributed by atoms with Crippen molar-refractivity contribution in [2.24, 2.45) is 0 Å². The number of fused-ring (bicyclic) bond motifs is 1. The Morgan fingerprint density at radius 1 is 1.06 bits per heavy atom. The lowest BCUT2D eigenvalue weighted by molar-refractivity contribution is 0.571. The molecule has 2 rings (SSSR count). The SMILES string of the molecule is CNc1cc(C(C)(C)C)nc2c(C)cc(C)cc12. The maximum atomic E-state index is 4.86. The van der Waals surface area contributed by atoms with Gasteiger partial charge in [-0.25, -0.2) is 0 Å². The molecule has 1 aromatic heterocycles. The third-order valence-electron chi connectivity index (χ3n) is 3.29. The van der Waals surface area contributed by atoms with Crippen LogP contribution in [0.5, 0.6) is 0 Å². The Morgan fingerprint density at radius 2 is 1.72 bits per heavy atom. The number of anilines is 1. The smallest absolute Gasteiger partial charge is 0.0755 e. The number of pyridine rings is 1. The van der Waals surface area contributed by atoms with Crippen LogP contribution in [0.4, 0.5) is 5.69 Å². The molecule has 1 heterocycles. The van der Waals surface area contributed by atoms with Crippen molar-refractivity contribution in [1.82, 2.24) is 4.98 Å². The van der Waals surface area contributed by atoms with Gasteiger partial charge >= 0.3 is 0 Å². The van der Waals surface area contributed by atoms with E-state index in [4.69, 9.17) is 4.98 Å². The number of hydrogen-bond donors (Lipinski definition) is 1. The molecule has 18 heavy (non-hydrogen) atoms. The van der Waals surface area contributed by atoms with Gasteiger partial charge in [0, 0.05) is 29.2 Å². The van der Waals surface area contributed by atoms with Crippen molar-refractivity contribution in [3.05, 3.63) is 35.0 Å². The summed E-state index contributed by atoms with van der Waals surface area (Å²) in [6, 6.07) is 6.57. The van der Waals surface area contributed by atoms with E-state index in [-0.39, 0.29) is 5.41 Å². The van der Waals surface area contributed by atoms with E-state index in [9.17, 15) is 0 Å². The van der Waals surface area contributed by atoms with Gasteiger partial charge in [0.25, 0.3) is 0 Å². The van der Waals surface area contributed by atoms with Crippen molar-refractivity contribution >= 4 is 16.6 Å². The number of rotatable bonds is 1. The molecule has 0 saturated heterocycles. The molecule has 96 valence electrons. The summed E-state index contributed by atoms with van der Waals surface area (Å²) in [6.45, 7) is 10.9. The largest absolute Gasteiger partial charge is 0.388 e. The number of aryl methyl sites for hydroxylation is 2. The second-order valence-corrected chi connectivity index (χ2v) is 6.03. The van der Waals surface area contributed by atoms with Gasteiger partial charge in [-0.3, -0.25) is 4.98 Å². The van der Waals surface area contributed by atoms with E-state index in [0.717, 1.165) is 16.9 Å². The van der Waals surface area contributed by atoms with Crippen molar-refractivity contribution in [2.45, 2.75) is 40.0 Å². The van der Waals surface area contributed by atoms with Crippen LogP contribution >= 0.6 is 0 Å². The molecule has 0 atom stereocenters. The van der Waals surface area contributed by atoms with Gasteiger partial charge in [-0.15, -0.1) is 0 Å². The van der Waals surface area contributed by atoms with Gasteiger partial charge in [-0.05, 0) is 31.5 Å². The van der Waals surface area contributed by atoms with Crippen LogP contribution in [0.3, 0.4) is 0 Å². The summed E-state index contributed by atoms with van der Waals surface area (Å²) in [5.41, 5.74) is 5.99. The molecule has 1 N–H and O–H groups in total. The third-order valence-corrected chi connectivity index (χ3v) is 3.29. The van der Waals surface area contributed by atoms with Crippen LogP contribution in [0.2, 0.25) is 0 Å². The highest BCUT2D eigenvalue weighted by molar-refractivity contribution is 5.94. The Bertz CT molecular complexity index is 592. The van der Waals surface area contributed by atoms with Crippen LogP contribution in [0.15, 0.2) is 18.2 Å². The maximum absolute atomic E-state index is 4.86. The lowest BCUT2D eigenvalue weighted by atomic mass is 9.90. The molecule has 0 aliphatic carbocycles. The molecule has 0 radical (unpaired) electrons. The maximum Gasteiger partial charge on any atom is 0.0755 e. The van der Waals surface area contributed by atoms with Gasteiger partial charge in [0.2, 0.25) is 0 Å². The summed E-state index contributed by atoms with van der Waals surface area (Å²) >= 11 is 0. The topological polar surface area (TPSA) is 24.9 Å². The first kappa shape index (κ1) is 12.9. The van der Waals surface area contributed by atoms with Crippen molar-refractivity contribution in [1.29, 1.82) is 0 Å². The fourth-order valence-electron chi connectivity index (χ4n) is 2.27. The number of nitrogens with one attached hydrogen (secondary N) is 1. The fraction of sp³-hybridized carbons (Fsp3) is 0.438. The number of nitrogens with zero attached hydrogens (tertiary/aromatic N) is 1. The summed E-state index contributed by atoms with van der Waals surface area (Å²) in [6.07, 6.45) is 0. The zero-order valence-electron chi connectivity index (χ0n) is 12.2. The minimum absolute atomic E-state index is 0.0666. The van der Waals surface area contributed by atoms with E-state index in [1.807, 2.05) is 7.05 Å². The zero-order chi connectivity index (χ0) is 13.5. The molecule has 0 amide bonds. The highest BCUT2D eigenvalue weighted by Crippen LogP contribution is 2.31. The quantitative estimate of drug-likeness (QED) is 0.811. The van der Waals surface area contributed by atoms with Crippen LogP contribution in [0, 0.1) is 13.8 Å². The third kappa shape index (κ3) is 2.20. The molecule has 0 saturated carbocycles. The highest BCUT2D eigenvalue weighted by atomic mass is 14.8. The summed E-state index contributed by atoms with van der Waals surface area (Å²) < 4.78 is 0. The molecule has 0 fully saturated rings. The van der Waals surface area contributed by atoms with Gasteiger partial charge in [-0.2, -0.15) is 0 Å². The average Bonchev–Trinajstić information content (AvgIpc) is 2.26. The molecule has 2 nitrogen and oxygen atoms in total. The Kier molecular flexibility index (Phi) is 3.05. The molecule has 0 unspecified atom stereocenters. The van der Waals surface area contributed by atoms with Crippen LogP contribution in [0.25, 0.3) is 10.9 Å². The minimum atomic E-state index is 0.0666. The Hall–Kier alpha value is -1.57. The first-order valence-corrected chi connectivity index (χ1v) is 6.43. The normalized spacial score (nSPS) is 11.9. The van der Waals surface area contributed by atoms with Gasteiger partial charge in [-0.1, -0.05) is 32.4 Å². The van der Waals surface area contributed by atoms with E-state index < -0.39 is 0 Å². The molecule has 1 aromatic carbocycles. The molecule has 2 heteroatoms. The van der Waals surface area contributed by atoms with E-state index >= 15 is 0 Å². The number of benzene rings is 1. The summed E-state index contributed by atoms with van der Waals surface area (Å²) in [5, 5.41) is 4.51. The first-order chi connectivity index (χ1) is 8.32. The second kappa shape index (κ2) is 4.27. The Labute approximate surface area is 109 Å². The molecule has 0 aliphatic heterocycles. The predicted octanol–water partition coefficient (Wildman–Crippen LogP) is 4.19. The zero-order valence-corrected chi connectivity index (χ0v) is 12.2. The summed E-state index contributed by atoms with van der Waals surface area (Å²) in [4.78, 5) is 4.86. The van der Waals surface area contributed by atoms with E-state index in [2.05, 4.69) is 58.1 Å². The van der Waals surface area contributed by atoms with Crippen LogP contribution in [0.1, 0.15) is 37.6 Å². The van der Waals surface area contributed by atoms with Crippen LogP contribution < -0.4 is 5.32 Å². The molecule has 0 aliphatic rings. The van der Waals surface area contributed by atoms with E-state index in [0.29, 0.717) is 0 Å². The number of hydrogen-bond acceptors (Lipinski definition) is 2. The van der Waals surface area contributed by atoms with Crippen molar-refractivity contribution in [3.63, 3.8) is 0 Å². The first-order valence-electron chi connectivity index (χ1n) is 6.43.